The fourth-order valence-electron chi connectivity index (χ4n) is 4.38. The van der Waals surface area contributed by atoms with Crippen LogP contribution in [0.25, 0.3) is 0 Å². The highest BCUT2D eigenvalue weighted by Crippen LogP contribution is 2.40. The van der Waals surface area contributed by atoms with Crippen LogP contribution in [0.15, 0.2) is 24.5 Å². The van der Waals surface area contributed by atoms with E-state index in [0.29, 0.717) is 6.10 Å². The average molecular weight is 319 g/mol. The summed E-state index contributed by atoms with van der Waals surface area (Å²) < 4.78 is 5.85. The van der Waals surface area contributed by atoms with Crippen molar-refractivity contribution < 1.29 is 4.74 Å². The van der Waals surface area contributed by atoms with Crippen molar-refractivity contribution in [3.8, 4) is 0 Å². The number of allylic oxidation sites excluding steroid dienone is 3. The maximum Gasteiger partial charge on any atom is 0.0978 e. The second-order valence-corrected chi connectivity index (χ2v) is 7.70. The van der Waals surface area contributed by atoms with Crippen LogP contribution in [0.1, 0.15) is 90.9 Å². The molecule has 0 aliphatic heterocycles. The van der Waals surface area contributed by atoms with Gasteiger partial charge in [-0.3, -0.25) is 0 Å². The molecule has 1 heteroatoms. The largest absolute Gasteiger partial charge is 0.498 e. The van der Waals surface area contributed by atoms with E-state index in [1.807, 2.05) is 6.26 Å². The summed E-state index contributed by atoms with van der Waals surface area (Å²) in [7, 11) is 0. The van der Waals surface area contributed by atoms with Crippen LogP contribution in [-0.4, -0.2) is 6.10 Å². The van der Waals surface area contributed by atoms with Gasteiger partial charge in [0, 0.05) is 0 Å². The van der Waals surface area contributed by atoms with E-state index in [1.165, 1.54) is 70.6 Å². The van der Waals surface area contributed by atoms with E-state index >= 15 is 0 Å². The third-order valence-electron chi connectivity index (χ3n) is 5.94. The van der Waals surface area contributed by atoms with E-state index in [1.54, 1.807) is 0 Å². The average Bonchev–Trinajstić information content (AvgIpc) is 2.60. The Morgan fingerprint density at radius 3 is 2.09 bits per heavy atom. The number of hydrogen-bond acceptors (Lipinski definition) is 1. The highest BCUT2D eigenvalue weighted by molar-refractivity contribution is 4.92. The van der Waals surface area contributed by atoms with Gasteiger partial charge in [0.15, 0.2) is 0 Å². The van der Waals surface area contributed by atoms with Crippen molar-refractivity contribution in [1.29, 1.82) is 0 Å². The molecule has 2 rings (SSSR count). The summed E-state index contributed by atoms with van der Waals surface area (Å²) in [6.07, 6.45) is 25.7. The minimum absolute atomic E-state index is 0.492. The fraction of sp³-hybridized carbons (Fsp3) is 0.818. The van der Waals surface area contributed by atoms with Gasteiger partial charge in [-0.1, -0.05) is 44.9 Å². The summed E-state index contributed by atoms with van der Waals surface area (Å²) in [5.74, 6) is 2.86. The molecule has 0 radical (unpaired) electrons. The van der Waals surface area contributed by atoms with E-state index in [0.717, 1.165) is 24.2 Å². The lowest BCUT2D eigenvalue weighted by molar-refractivity contribution is 0.0649. The monoisotopic (exact) mass is 318 g/mol. The molecule has 0 heterocycles. The normalized spacial score (nSPS) is 32.6. The van der Waals surface area contributed by atoms with Crippen molar-refractivity contribution in [3.05, 3.63) is 24.5 Å². The van der Waals surface area contributed by atoms with E-state index in [2.05, 4.69) is 32.1 Å². The zero-order valence-electron chi connectivity index (χ0n) is 15.5. The second-order valence-electron chi connectivity index (χ2n) is 7.70. The van der Waals surface area contributed by atoms with Crippen LogP contribution in [0.2, 0.25) is 0 Å². The maximum absolute atomic E-state index is 5.85. The number of unbranched alkanes of at least 4 members (excludes halogenated alkanes) is 2. The number of rotatable bonds is 8. The Kier molecular flexibility index (Phi) is 8.86. The zero-order chi connectivity index (χ0) is 16.3. The fourth-order valence-corrected chi connectivity index (χ4v) is 4.38. The lowest BCUT2D eigenvalue weighted by Gasteiger charge is -2.37. The maximum atomic E-state index is 5.85. The van der Waals surface area contributed by atoms with Gasteiger partial charge in [-0.25, -0.2) is 0 Å². The molecule has 0 saturated heterocycles. The third-order valence-corrected chi connectivity index (χ3v) is 5.94. The first-order chi connectivity index (χ1) is 11.3. The lowest BCUT2D eigenvalue weighted by atomic mass is 9.70. The summed E-state index contributed by atoms with van der Waals surface area (Å²) in [4.78, 5) is 0. The van der Waals surface area contributed by atoms with Gasteiger partial charge in [-0.05, 0) is 82.0 Å². The summed E-state index contributed by atoms with van der Waals surface area (Å²) in [5.41, 5.74) is 0. The van der Waals surface area contributed by atoms with Crippen molar-refractivity contribution in [2.45, 2.75) is 97.0 Å². The van der Waals surface area contributed by atoms with E-state index in [-0.39, 0.29) is 0 Å². The first kappa shape index (κ1) is 18.6. The molecule has 0 aromatic rings. The van der Waals surface area contributed by atoms with E-state index < -0.39 is 0 Å². The predicted octanol–water partition coefficient (Wildman–Crippen LogP) is 7.04. The molecule has 0 spiro atoms. The second kappa shape index (κ2) is 10.9. The lowest BCUT2D eigenvalue weighted by Crippen LogP contribution is -2.27. The molecule has 0 unspecified atom stereocenters. The first-order valence-electron chi connectivity index (χ1n) is 10.3. The van der Waals surface area contributed by atoms with E-state index in [4.69, 9.17) is 4.74 Å². The number of hydrogen-bond donors (Lipinski definition) is 0. The van der Waals surface area contributed by atoms with Gasteiger partial charge < -0.3 is 4.74 Å². The molecule has 0 aromatic heterocycles. The summed E-state index contributed by atoms with van der Waals surface area (Å²) in [5, 5.41) is 0. The molecule has 0 N–H and O–H groups in total. The molecule has 0 atom stereocenters. The minimum Gasteiger partial charge on any atom is -0.498 e. The quantitative estimate of drug-likeness (QED) is 0.265. The molecular weight excluding hydrogens is 280 g/mol. The topological polar surface area (TPSA) is 9.23 Å². The Hall–Kier alpha value is -0.720. The van der Waals surface area contributed by atoms with Gasteiger partial charge in [0.1, 0.15) is 0 Å². The summed E-state index contributed by atoms with van der Waals surface area (Å²) >= 11 is 0. The Morgan fingerprint density at radius 2 is 1.48 bits per heavy atom. The molecule has 23 heavy (non-hydrogen) atoms. The Balaban J connectivity index is 1.63. The minimum atomic E-state index is 0.492. The smallest absolute Gasteiger partial charge is 0.0978 e. The number of ether oxygens (including phenoxy) is 1. The Labute approximate surface area is 144 Å². The van der Waals surface area contributed by atoms with Crippen LogP contribution in [-0.2, 0) is 4.74 Å². The van der Waals surface area contributed by atoms with Crippen molar-refractivity contribution >= 4 is 0 Å². The molecule has 2 aliphatic carbocycles. The predicted molar refractivity (Wildman–Crippen MR) is 100 cm³/mol. The molecule has 2 fully saturated rings. The van der Waals surface area contributed by atoms with Crippen LogP contribution in [0.4, 0.5) is 0 Å². The van der Waals surface area contributed by atoms with Crippen molar-refractivity contribution in [1.82, 2.24) is 0 Å². The third kappa shape index (κ3) is 6.73. The van der Waals surface area contributed by atoms with Crippen LogP contribution in [0.5, 0.6) is 0 Å². The van der Waals surface area contributed by atoms with Gasteiger partial charge in [0.2, 0.25) is 0 Å². The molecule has 132 valence electrons. The van der Waals surface area contributed by atoms with Gasteiger partial charge in [0.05, 0.1) is 12.4 Å². The van der Waals surface area contributed by atoms with Crippen LogP contribution in [0.3, 0.4) is 0 Å². The van der Waals surface area contributed by atoms with Crippen LogP contribution < -0.4 is 0 Å². The standard InChI is InChI=1S/C22H38O/c1-3-5-7-8-9-19-10-12-20(13-11-19)21-14-16-22(17-15-21)23-18-6-4-2/h6,8-9,18-22H,3-5,7,10-17H2,1-2H3/b9-8+,18-6+. The van der Waals surface area contributed by atoms with Gasteiger partial charge >= 0.3 is 0 Å². The van der Waals surface area contributed by atoms with Crippen molar-refractivity contribution in [3.63, 3.8) is 0 Å². The molecular formula is C22H38O. The highest BCUT2D eigenvalue weighted by atomic mass is 16.5. The molecule has 0 aromatic carbocycles. The van der Waals surface area contributed by atoms with Gasteiger partial charge in [-0.15, -0.1) is 0 Å². The SMILES string of the molecule is CC/C=C/OC1CCC(C2CCC(/C=C/CCCC)CC2)CC1. The first-order valence-corrected chi connectivity index (χ1v) is 10.3. The molecule has 0 bridgehead atoms. The highest BCUT2D eigenvalue weighted by Gasteiger charge is 2.30. The van der Waals surface area contributed by atoms with Crippen molar-refractivity contribution in [2.24, 2.45) is 17.8 Å². The zero-order valence-corrected chi connectivity index (χ0v) is 15.5. The van der Waals surface area contributed by atoms with Gasteiger partial charge in [0.25, 0.3) is 0 Å². The van der Waals surface area contributed by atoms with Crippen LogP contribution in [0, 0.1) is 17.8 Å². The van der Waals surface area contributed by atoms with E-state index in [9.17, 15) is 0 Å². The molecule has 1 nitrogen and oxygen atoms in total. The molecule has 0 amide bonds. The Morgan fingerprint density at radius 1 is 0.826 bits per heavy atom. The molecule has 2 saturated carbocycles. The Bertz CT molecular complexity index is 341. The van der Waals surface area contributed by atoms with Crippen LogP contribution >= 0.6 is 0 Å². The molecule has 2 aliphatic rings. The van der Waals surface area contributed by atoms with Gasteiger partial charge in [-0.2, -0.15) is 0 Å². The van der Waals surface area contributed by atoms with Crippen molar-refractivity contribution in [2.75, 3.05) is 0 Å². The summed E-state index contributed by atoms with van der Waals surface area (Å²) in [6.45, 7) is 4.44. The summed E-state index contributed by atoms with van der Waals surface area (Å²) in [6, 6.07) is 0.